The van der Waals surface area contributed by atoms with Gasteiger partial charge in [-0.2, -0.15) is 0 Å². The van der Waals surface area contributed by atoms with Crippen molar-refractivity contribution in [2.45, 2.75) is 13.3 Å². The van der Waals surface area contributed by atoms with E-state index < -0.39 is 5.91 Å². The minimum absolute atomic E-state index is 0.0430. The first-order chi connectivity index (χ1) is 15.1. The van der Waals surface area contributed by atoms with Crippen molar-refractivity contribution in [1.29, 1.82) is 0 Å². The van der Waals surface area contributed by atoms with Gasteiger partial charge in [0.05, 0.1) is 12.1 Å². The summed E-state index contributed by atoms with van der Waals surface area (Å²) in [6.07, 6.45) is 0.156. The highest BCUT2D eigenvalue weighted by molar-refractivity contribution is 5.92. The summed E-state index contributed by atoms with van der Waals surface area (Å²) in [7, 11) is 0. The number of para-hydroxylation sites is 1. The van der Waals surface area contributed by atoms with Crippen molar-refractivity contribution >= 4 is 11.8 Å². The molecule has 31 heavy (non-hydrogen) atoms. The molecule has 1 heterocycles. The fraction of sp³-hybridized carbons (Fsp3) is 0.0833. The number of amides is 2. The number of carbonyl (C=O) groups is 2. The summed E-state index contributed by atoms with van der Waals surface area (Å²) in [5.41, 5.74) is 8.36. The Hall–Kier alpha value is -4.26. The number of hydrogen-bond donors (Lipinski definition) is 2. The van der Waals surface area contributed by atoms with Gasteiger partial charge in [-0.05, 0) is 24.6 Å². The van der Waals surface area contributed by atoms with Crippen LogP contribution in [-0.2, 0) is 11.2 Å². The summed E-state index contributed by atoms with van der Waals surface area (Å²) in [6, 6.07) is 26.6. The predicted molar refractivity (Wildman–Crippen MR) is 117 cm³/mol. The zero-order chi connectivity index (χ0) is 21.6. The molecule has 2 N–H and O–H groups in total. The average molecular weight is 411 g/mol. The Morgan fingerprint density at radius 1 is 0.871 bits per heavy atom. The van der Waals surface area contributed by atoms with Crippen LogP contribution >= 0.6 is 0 Å². The van der Waals surface area contributed by atoms with Crippen molar-refractivity contribution in [3.63, 3.8) is 0 Å². The third-order valence-corrected chi connectivity index (χ3v) is 4.61. The summed E-state index contributed by atoms with van der Waals surface area (Å²) < 4.78 is 1.61. The molecule has 7 heteroatoms. The van der Waals surface area contributed by atoms with E-state index >= 15 is 0 Å². The molecule has 3 aromatic carbocycles. The van der Waals surface area contributed by atoms with E-state index in [1.54, 1.807) is 4.68 Å². The summed E-state index contributed by atoms with van der Waals surface area (Å²) in [5.74, 6) is -0.434. The van der Waals surface area contributed by atoms with Crippen LogP contribution in [0.25, 0.3) is 17.1 Å². The topological polar surface area (TPSA) is 88.9 Å². The molecule has 4 aromatic rings. The third-order valence-electron chi connectivity index (χ3n) is 4.61. The highest BCUT2D eigenvalue weighted by Crippen LogP contribution is 2.20. The lowest BCUT2D eigenvalue weighted by Crippen LogP contribution is -2.42. The SMILES string of the molecule is Cc1cccc(CC(=O)NNC(=O)c2nc(-c3ccccc3)n(-c3ccccc3)n2)c1. The van der Waals surface area contributed by atoms with E-state index in [9.17, 15) is 9.59 Å². The van der Waals surface area contributed by atoms with Gasteiger partial charge in [0.15, 0.2) is 5.82 Å². The molecule has 1 aromatic heterocycles. The smallest absolute Gasteiger partial charge is 0.273 e. The molecule has 0 aliphatic heterocycles. The molecule has 0 saturated heterocycles. The Bertz CT molecular complexity index is 1150. The summed E-state index contributed by atoms with van der Waals surface area (Å²) in [5, 5.41) is 4.37. The molecule has 0 aliphatic carbocycles. The Morgan fingerprint density at radius 2 is 1.58 bits per heavy atom. The van der Waals surface area contributed by atoms with Crippen LogP contribution in [-0.4, -0.2) is 26.6 Å². The van der Waals surface area contributed by atoms with E-state index in [2.05, 4.69) is 20.9 Å². The average Bonchev–Trinajstić information content (AvgIpc) is 3.24. The Balaban J connectivity index is 1.52. The molecule has 0 bridgehead atoms. The normalized spacial score (nSPS) is 10.5. The maximum absolute atomic E-state index is 12.6. The number of hydrogen-bond acceptors (Lipinski definition) is 4. The van der Waals surface area contributed by atoms with Gasteiger partial charge in [0.1, 0.15) is 0 Å². The van der Waals surface area contributed by atoms with Crippen molar-refractivity contribution in [2.24, 2.45) is 0 Å². The Kier molecular flexibility index (Phi) is 5.84. The van der Waals surface area contributed by atoms with Gasteiger partial charge in [-0.1, -0.05) is 78.4 Å². The number of rotatable bonds is 5. The fourth-order valence-electron chi connectivity index (χ4n) is 3.17. The van der Waals surface area contributed by atoms with Crippen molar-refractivity contribution in [3.05, 3.63) is 102 Å². The Labute approximate surface area is 179 Å². The predicted octanol–water partition coefficient (Wildman–Crippen LogP) is 3.25. The molecule has 0 radical (unpaired) electrons. The van der Waals surface area contributed by atoms with Crippen molar-refractivity contribution in [3.8, 4) is 17.1 Å². The fourth-order valence-corrected chi connectivity index (χ4v) is 3.17. The molecule has 2 amide bonds. The standard InChI is InChI=1S/C24H21N5O2/c1-17-9-8-10-18(15-17)16-21(30)26-27-24(31)22-25-23(19-11-4-2-5-12-19)29(28-22)20-13-6-3-7-14-20/h2-15H,16H2,1H3,(H,26,30)(H,27,31). The molecule has 4 rings (SSSR count). The van der Waals surface area contributed by atoms with Gasteiger partial charge in [0.25, 0.3) is 0 Å². The van der Waals surface area contributed by atoms with Gasteiger partial charge in [-0.15, -0.1) is 5.10 Å². The van der Waals surface area contributed by atoms with Crippen LogP contribution in [0, 0.1) is 6.92 Å². The number of nitrogens with zero attached hydrogens (tertiary/aromatic N) is 3. The molecule has 0 atom stereocenters. The van der Waals surface area contributed by atoms with E-state index in [0.29, 0.717) is 5.82 Å². The van der Waals surface area contributed by atoms with E-state index in [1.165, 1.54) is 0 Å². The molecule has 0 fully saturated rings. The van der Waals surface area contributed by atoms with E-state index in [1.807, 2.05) is 91.9 Å². The lowest BCUT2D eigenvalue weighted by Gasteiger charge is -2.06. The highest BCUT2D eigenvalue weighted by Gasteiger charge is 2.19. The van der Waals surface area contributed by atoms with Crippen LogP contribution in [0.4, 0.5) is 0 Å². The van der Waals surface area contributed by atoms with Gasteiger partial charge < -0.3 is 0 Å². The number of benzene rings is 3. The molecule has 154 valence electrons. The molecule has 0 spiro atoms. The highest BCUT2D eigenvalue weighted by atomic mass is 16.2. The van der Waals surface area contributed by atoms with Crippen LogP contribution in [0.15, 0.2) is 84.9 Å². The van der Waals surface area contributed by atoms with Crippen LogP contribution in [0.1, 0.15) is 21.7 Å². The second-order valence-electron chi connectivity index (χ2n) is 7.04. The number of carbonyl (C=O) groups excluding carboxylic acids is 2. The first-order valence-electron chi connectivity index (χ1n) is 9.83. The summed E-state index contributed by atoms with van der Waals surface area (Å²) in [4.78, 5) is 29.2. The number of nitrogens with one attached hydrogen (secondary N) is 2. The quantitative estimate of drug-likeness (QED) is 0.494. The van der Waals surface area contributed by atoms with Crippen LogP contribution in [0.5, 0.6) is 0 Å². The lowest BCUT2D eigenvalue weighted by molar-refractivity contribution is -0.121. The largest absolute Gasteiger partial charge is 0.309 e. The van der Waals surface area contributed by atoms with Gasteiger partial charge >= 0.3 is 5.91 Å². The minimum Gasteiger partial charge on any atom is -0.273 e. The molecule has 0 aliphatic rings. The number of aryl methyl sites for hydroxylation is 1. The Morgan fingerprint density at radius 3 is 2.29 bits per heavy atom. The maximum atomic E-state index is 12.6. The second-order valence-corrected chi connectivity index (χ2v) is 7.04. The van der Waals surface area contributed by atoms with Gasteiger partial charge in [-0.3, -0.25) is 20.4 Å². The number of hydrazine groups is 1. The van der Waals surface area contributed by atoms with E-state index in [4.69, 9.17) is 0 Å². The summed E-state index contributed by atoms with van der Waals surface area (Å²) >= 11 is 0. The van der Waals surface area contributed by atoms with Crippen molar-refractivity contribution < 1.29 is 9.59 Å². The van der Waals surface area contributed by atoms with Gasteiger partial charge in [-0.25, -0.2) is 9.67 Å². The first kappa shape index (κ1) is 20.0. The van der Waals surface area contributed by atoms with Gasteiger partial charge in [0.2, 0.25) is 11.7 Å². The zero-order valence-corrected chi connectivity index (χ0v) is 16.9. The molecule has 0 saturated carbocycles. The van der Waals surface area contributed by atoms with Crippen molar-refractivity contribution in [1.82, 2.24) is 25.6 Å². The first-order valence-corrected chi connectivity index (χ1v) is 9.83. The van der Waals surface area contributed by atoms with Crippen molar-refractivity contribution in [2.75, 3.05) is 0 Å². The van der Waals surface area contributed by atoms with Crippen LogP contribution in [0.3, 0.4) is 0 Å². The number of aromatic nitrogens is 3. The molecule has 7 nitrogen and oxygen atoms in total. The van der Waals surface area contributed by atoms with E-state index in [0.717, 1.165) is 22.4 Å². The van der Waals surface area contributed by atoms with Gasteiger partial charge in [0, 0.05) is 5.56 Å². The minimum atomic E-state index is -0.593. The molecular weight excluding hydrogens is 390 g/mol. The van der Waals surface area contributed by atoms with Crippen LogP contribution < -0.4 is 10.9 Å². The third kappa shape index (κ3) is 4.84. The molecule has 0 unspecified atom stereocenters. The molecular formula is C24H21N5O2. The zero-order valence-electron chi connectivity index (χ0n) is 16.9. The van der Waals surface area contributed by atoms with Crippen LogP contribution in [0.2, 0.25) is 0 Å². The van der Waals surface area contributed by atoms with E-state index in [-0.39, 0.29) is 18.2 Å². The second kappa shape index (κ2) is 9.04. The monoisotopic (exact) mass is 411 g/mol. The lowest BCUT2D eigenvalue weighted by atomic mass is 10.1. The summed E-state index contributed by atoms with van der Waals surface area (Å²) in [6.45, 7) is 1.96. The maximum Gasteiger partial charge on any atom is 0.309 e.